The van der Waals surface area contributed by atoms with E-state index in [-0.39, 0.29) is 0 Å². The Morgan fingerprint density at radius 3 is 2.77 bits per heavy atom. The van der Waals surface area contributed by atoms with E-state index < -0.39 is 0 Å². The molecule has 0 N–H and O–H groups in total. The molecule has 0 aliphatic rings. The Bertz CT molecular complexity index is 406. The van der Waals surface area contributed by atoms with E-state index in [0.29, 0.717) is 0 Å². The van der Waals surface area contributed by atoms with E-state index in [2.05, 4.69) is 31.2 Å². The van der Waals surface area contributed by atoms with Crippen molar-refractivity contribution in [2.75, 3.05) is 0 Å². The van der Waals surface area contributed by atoms with E-state index in [9.17, 15) is 0 Å². The third-order valence-corrected chi connectivity index (χ3v) is 2.02. The van der Waals surface area contributed by atoms with Crippen LogP contribution in [0, 0.1) is 6.92 Å². The number of halogens is 1. The summed E-state index contributed by atoms with van der Waals surface area (Å²) in [6.07, 6.45) is 3.56. The Morgan fingerprint density at radius 2 is 2.23 bits per heavy atom. The molecule has 0 aromatic carbocycles. The smallest absolute Gasteiger partial charge is 0.155 e. The normalized spacial score (nSPS) is 10.3. The maximum Gasteiger partial charge on any atom is 0.155 e. The zero-order valence-corrected chi connectivity index (χ0v) is 8.56. The SMILES string of the molecule is Cc1cn(-c2ccc(Br)cn2)nn1. The van der Waals surface area contributed by atoms with Crippen molar-refractivity contribution in [1.82, 2.24) is 20.0 Å². The first-order valence-corrected chi connectivity index (χ1v) is 4.56. The fourth-order valence-corrected chi connectivity index (χ4v) is 1.20. The van der Waals surface area contributed by atoms with Crippen molar-refractivity contribution in [3.8, 4) is 5.82 Å². The van der Waals surface area contributed by atoms with Gasteiger partial charge in [0.1, 0.15) is 0 Å². The number of hydrogen-bond donors (Lipinski definition) is 0. The molecule has 2 heterocycles. The minimum Gasteiger partial charge on any atom is -0.236 e. The fraction of sp³-hybridized carbons (Fsp3) is 0.125. The minimum atomic E-state index is 0.767. The highest BCUT2D eigenvalue weighted by Gasteiger charge is 1.99. The van der Waals surface area contributed by atoms with Gasteiger partial charge in [-0.2, -0.15) is 0 Å². The van der Waals surface area contributed by atoms with Crippen LogP contribution in [-0.4, -0.2) is 20.0 Å². The summed E-state index contributed by atoms with van der Waals surface area (Å²) in [5.41, 5.74) is 0.879. The first-order chi connectivity index (χ1) is 6.25. The van der Waals surface area contributed by atoms with Crippen molar-refractivity contribution in [2.45, 2.75) is 6.92 Å². The van der Waals surface area contributed by atoms with Gasteiger partial charge in [-0.05, 0) is 35.0 Å². The van der Waals surface area contributed by atoms with Crippen LogP contribution in [0.15, 0.2) is 29.0 Å². The second-order valence-electron chi connectivity index (χ2n) is 2.64. The second kappa shape index (κ2) is 3.26. The number of pyridine rings is 1. The van der Waals surface area contributed by atoms with Crippen LogP contribution in [0.1, 0.15) is 5.69 Å². The second-order valence-corrected chi connectivity index (χ2v) is 3.55. The molecule has 4 nitrogen and oxygen atoms in total. The lowest BCUT2D eigenvalue weighted by Crippen LogP contribution is -1.97. The Morgan fingerprint density at radius 1 is 1.38 bits per heavy atom. The van der Waals surface area contributed by atoms with E-state index in [4.69, 9.17) is 0 Å². The summed E-state index contributed by atoms with van der Waals surface area (Å²) in [6, 6.07) is 3.79. The number of rotatable bonds is 1. The molecule has 0 aliphatic carbocycles. The first-order valence-electron chi connectivity index (χ1n) is 3.76. The van der Waals surface area contributed by atoms with Crippen molar-refractivity contribution in [3.63, 3.8) is 0 Å². The largest absolute Gasteiger partial charge is 0.236 e. The minimum absolute atomic E-state index is 0.767. The third-order valence-electron chi connectivity index (χ3n) is 1.55. The Balaban J connectivity index is 2.41. The summed E-state index contributed by atoms with van der Waals surface area (Å²) in [4.78, 5) is 4.18. The van der Waals surface area contributed by atoms with Crippen LogP contribution in [0.2, 0.25) is 0 Å². The molecule has 0 fully saturated rings. The molecular formula is C8H7BrN4. The highest BCUT2D eigenvalue weighted by atomic mass is 79.9. The molecule has 5 heteroatoms. The topological polar surface area (TPSA) is 43.6 Å². The van der Waals surface area contributed by atoms with Gasteiger partial charge in [-0.15, -0.1) is 5.10 Å². The number of hydrogen-bond acceptors (Lipinski definition) is 3. The van der Waals surface area contributed by atoms with Gasteiger partial charge in [0.2, 0.25) is 0 Å². The van der Waals surface area contributed by atoms with E-state index in [1.807, 2.05) is 25.3 Å². The standard InChI is InChI=1S/C8H7BrN4/c1-6-5-13(12-11-6)8-3-2-7(9)4-10-8/h2-5H,1H3. The molecule has 0 unspecified atom stereocenters. The summed E-state index contributed by atoms with van der Waals surface area (Å²) in [5, 5.41) is 7.78. The summed E-state index contributed by atoms with van der Waals surface area (Å²) in [6.45, 7) is 1.89. The Hall–Kier alpha value is -1.23. The van der Waals surface area contributed by atoms with Crippen LogP contribution in [0.4, 0.5) is 0 Å². The monoisotopic (exact) mass is 238 g/mol. The van der Waals surface area contributed by atoms with Crippen LogP contribution >= 0.6 is 15.9 Å². The van der Waals surface area contributed by atoms with Crippen LogP contribution in [0.5, 0.6) is 0 Å². The van der Waals surface area contributed by atoms with Crippen molar-refractivity contribution in [3.05, 3.63) is 34.7 Å². The molecule has 2 rings (SSSR count). The molecule has 0 saturated heterocycles. The molecule has 0 radical (unpaired) electrons. The number of aromatic nitrogens is 4. The average Bonchev–Trinajstić information content (AvgIpc) is 2.53. The molecule has 0 amide bonds. The van der Waals surface area contributed by atoms with E-state index >= 15 is 0 Å². The number of nitrogens with zero attached hydrogens (tertiary/aromatic N) is 4. The molecule has 2 aromatic heterocycles. The molecule has 13 heavy (non-hydrogen) atoms. The van der Waals surface area contributed by atoms with Gasteiger partial charge < -0.3 is 0 Å². The molecule has 0 bridgehead atoms. The lowest BCUT2D eigenvalue weighted by molar-refractivity contribution is 0.779. The van der Waals surface area contributed by atoms with E-state index in [1.165, 1.54) is 0 Å². The average molecular weight is 239 g/mol. The van der Waals surface area contributed by atoms with Gasteiger partial charge in [-0.3, -0.25) is 0 Å². The van der Waals surface area contributed by atoms with Crippen molar-refractivity contribution >= 4 is 15.9 Å². The fourth-order valence-electron chi connectivity index (χ4n) is 0.963. The maximum atomic E-state index is 4.18. The molecular weight excluding hydrogens is 232 g/mol. The molecule has 66 valence electrons. The van der Waals surface area contributed by atoms with Crippen LogP contribution in [-0.2, 0) is 0 Å². The maximum absolute atomic E-state index is 4.18. The molecule has 2 aromatic rings. The summed E-state index contributed by atoms with van der Waals surface area (Å²) in [5.74, 6) is 0.767. The van der Waals surface area contributed by atoms with Crippen LogP contribution < -0.4 is 0 Å². The van der Waals surface area contributed by atoms with Crippen LogP contribution in [0.25, 0.3) is 5.82 Å². The lowest BCUT2D eigenvalue weighted by atomic mass is 10.4. The van der Waals surface area contributed by atoms with Crippen molar-refractivity contribution in [1.29, 1.82) is 0 Å². The van der Waals surface area contributed by atoms with E-state index in [1.54, 1.807) is 10.9 Å². The quantitative estimate of drug-likeness (QED) is 0.761. The van der Waals surface area contributed by atoms with Gasteiger partial charge >= 0.3 is 0 Å². The Kier molecular flexibility index (Phi) is 2.10. The van der Waals surface area contributed by atoms with Crippen LogP contribution in [0.3, 0.4) is 0 Å². The third kappa shape index (κ3) is 1.75. The lowest BCUT2D eigenvalue weighted by Gasteiger charge is -1.97. The highest BCUT2D eigenvalue weighted by molar-refractivity contribution is 9.10. The van der Waals surface area contributed by atoms with E-state index in [0.717, 1.165) is 16.0 Å². The highest BCUT2D eigenvalue weighted by Crippen LogP contribution is 2.09. The molecule has 0 aliphatic heterocycles. The van der Waals surface area contributed by atoms with Gasteiger partial charge in [0, 0.05) is 10.7 Å². The first kappa shape index (κ1) is 8.37. The zero-order chi connectivity index (χ0) is 9.26. The van der Waals surface area contributed by atoms with Gasteiger partial charge in [0.05, 0.1) is 11.9 Å². The summed E-state index contributed by atoms with van der Waals surface area (Å²) >= 11 is 3.32. The van der Waals surface area contributed by atoms with Crippen molar-refractivity contribution in [2.24, 2.45) is 0 Å². The van der Waals surface area contributed by atoms with Gasteiger partial charge in [-0.1, -0.05) is 5.21 Å². The molecule has 0 saturated carbocycles. The van der Waals surface area contributed by atoms with Gasteiger partial charge in [-0.25, -0.2) is 9.67 Å². The Labute approximate surface area is 83.7 Å². The number of aryl methyl sites for hydroxylation is 1. The van der Waals surface area contributed by atoms with Crippen molar-refractivity contribution < 1.29 is 0 Å². The summed E-state index contributed by atoms with van der Waals surface area (Å²) in [7, 11) is 0. The molecule has 0 atom stereocenters. The predicted octanol–water partition coefficient (Wildman–Crippen LogP) is 1.73. The summed E-state index contributed by atoms with van der Waals surface area (Å²) < 4.78 is 2.59. The molecule has 0 spiro atoms. The van der Waals surface area contributed by atoms with Gasteiger partial charge in [0.25, 0.3) is 0 Å². The predicted molar refractivity (Wildman–Crippen MR) is 51.6 cm³/mol. The zero-order valence-electron chi connectivity index (χ0n) is 6.98. The van der Waals surface area contributed by atoms with Gasteiger partial charge in [0.15, 0.2) is 5.82 Å².